The highest BCUT2D eigenvalue weighted by Gasteiger charge is 2.16. The molecule has 128 valence electrons. The van der Waals surface area contributed by atoms with E-state index in [1.54, 1.807) is 0 Å². The quantitative estimate of drug-likeness (QED) is 0.682. The molecule has 1 aromatic heterocycles. The van der Waals surface area contributed by atoms with Crippen molar-refractivity contribution >= 4 is 16.9 Å². The molecule has 0 saturated heterocycles. The number of fused-ring (bicyclic) bond motifs is 2. The molecule has 6 heteroatoms. The van der Waals surface area contributed by atoms with Crippen LogP contribution in [0, 0.1) is 0 Å². The van der Waals surface area contributed by atoms with E-state index in [9.17, 15) is 4.79 Å². The Hall–Kier alpha value is -3.15. The van der Waals surface area contributed by atoms with E-state index in [1.165, 1.54) is 0 Å². The van der Waals surface area contributed by atoms with E-state index in [4.69, 9.17) is 9.47 Å². The Kier molecular flexibility index (Phi) is 3.93. The summed E-state index contributed by atoms with van der Waals surface area (Å²) >= 11 is 0. The second kappa shape index (κ2) is 6.39. The highest BCUT2D eigenvalue weighted by atomic mass is 16.7. The summed E-state index contributed by atoms with van der Waals surface area (Å²) in [7, 11) is 0. The zero-order valence-corrected chi connectivity index (χ0v) is 13.8. The van der Waals surface area contributed by atoms with Crippen LogP contribution < -0.4 is 20.1 Å². The standard InChI is InChI=1S/C19H19N3O3/c1-12(13-6-7-17-18(9-13)25-11-24-17)21-19(23)20-10-15-8-14-4-2-3-5-16(14)22-15/h2-9,12,22H,10-11H2,1H3,(H2,20,21,23). The van der Waals surface area contributed by atoms with Crippen molar-refractivity contribution in [2.75, 3.05) is 6.79 Å². The number of carbonyl (C=O) groups is 1. The van der Waals surface area contributed by atoms with Gasteiger partial charge in [0.2, 0.25) is 6.79 Å². The van der Waals surface area contributed by atoms with Crippen LogP contribution in [-0.2, 0) is 6.54 Å². The summed E-state index contributed by atoms with van der Waals surface area (Å²) in [5, 5.41) is 6.94. The summed E-state index contributed by atoms with van der Waals surface area (Å²) < 4.78 is 10.7. The van der Waals surface area contributed by atoms with Crippen LogP contribution in [0.5, 0.6) is 11.5 Å². The van der Waals surface area contributed by atoms with Crippen molar-refractivity contribution in [2.24, 2.45) is 0 Å². The molecule has 0 aliphatic carbocycles. The minimum atomic E-state index is -0.219. The summed E-state index contributed by atoms with van der Waals surface area (Å²) in [6.07, 6.45) is 0. The Bertz CT molecular complexity index is 886. The number of rotatable bonds is 4. The number of H-pyrrole nitrogens is 1. The first-order chi connectivity index (χ1) is 12.2. The van der Waals surface area contributed by atoms with Crippen molar-refractivity contribution in [3.8, 4) is 11.5 Å². The molecule has 6 nitrogen and oxygen atoms in total. The zero-order chi connectivity index (χ0) is 17.2. The van der Waals surface area contributed by atoms with Crippen molar-refractivity contribution in [1.82, 2.24) is 15.6 Å². The maximum atomic E-state index is 12.2. The van der Waals surface area contributed by atoms with E-state index >= 15 is 0 Å². The fraction of sp³-hybridized carbons (Fsp3) is 0.211. The van der Waals surface area contributed by atoms with Gasteiger partial charge in [-0.1, -0.05) is 24.3 Å². The third-order valence-electron chi connectivity index (χ3n) is 4.27. The van der Waals surface area contributed by atoms with Gasteiger partial charge in [0.15, 0.2) is 11.5 Å². The first kappa shape index (κ1) is 15.4. The third kappa shape index (κ3) is 3.24. The van der Waals surface area contributed by atoms with Gasteiger partial charge < -0.3 is 25.1 Å². The minimum absolute atomic E-state index is 0.141. The van der Waals surface area contributed by atoms with Crippen LogP contribution in [0.15, 0.2) is 48.5 Å². The lowest BCUT2D eigenvalue weighted by Gasteiger charge is -2.15. The Balaban J connectivity index is 1.35. The zero-order valence-electron chi connectivity index (χ0n) is 13.8. The van der Waals surface area contributed by atoms with Gasteiger partial charge in [-0.15, -0.1) is 0 Å². The molecule has 1 unspecified atom stereocenters. The molecule has 0 bridgehead atoms. The summed E-state index contributed by atoms with van der Waals surface area (Å²) in [5.41, 5.74) is 2.99. The number of hydrogen-bond acceptors (Lipinski definition) is 3. The lowest BCUT2D eigenvalue weighted by molar-refractivity contribution is 0.174. The largest absolute Gasteiger partial charge is 0.454 e. The lowest BCUT2D eigenvalue weighted by Crippen LogP contribution is -2.36. The topological polar surface area (TPSA) is 75.4 Å². The van der Waals surface area contributed by atoms with Gasteiger partial charge in [-0.25, -0.2) is 4.79 Å². The average Bonchev–Trinajstić information content (AvgIpc) is 3.25. The Morgan fingerprint density at radius 3 is 2.88 bits per heavy atom. The Morgan fingerprint density at radius 1 is 1.16 bits per heavy atom. The molecule has 2 amide bonds. The van der Waals surface area contributed by atoms with E-state index in [1.807, 2.05) is 55.5 Å². The summed E-state index contributed by atoms with van der Waals surface area (Å²) in [5.74, 6) is 1.45. The van der Waals surface area contributed by atoms with E-state index in [0.717, 1.165) is 27.9 Å². The monoisotopic (exact) mass is 337 g/mol. The molecule has 1 aliphatic rings. The third-order valence-corrected chi connectivity index (χ3v) is 4.27. The fourth-order valence-electron chi connectivity index (χ4n) is 2.92. The van der Waals surface area contributed by atoms with Crippen molar-refractivity contribution in [3.05, 3.63) is 59.8 Å². The molecule has 2 aromatic carbocycles. The van der Waals surface area contributed by atoms with Gasteiger partial charge in [0.05, 0.1) is 12.6 Å². The number of amides is 2. The summed E-state index contributed by atoms with van der Waals surface area (Å²) in [4.78, 5) is 15.4. The molecule has 0 radical (unpaired) electrons. The van der Waals surface area contributed by atoms with Crippen LogP contribution >= 0.6 is 0 Å². The van der Waals surface area contributed by atoms with Crippen LogP contribution in [0.25, 0.3) is 10.9 Å². The summed E-state index contributed by atoms with van der Waals surface area (Å²) in [6, 6.07) is 15.4. The van der Waals surface area contributed by atoms with Gasteiger partial charge in [0.25, 0.3) is 0 Å². The van der Waals surface area contributed by atoms with Crippen LogP contribution in [0.4, 0.5) is 4.79 Å². The molecule has 0 spiro atoms. The molecular weight excluding hydrogens is 318 g/mol. The molecule has 4 rings (SSSR count). The Morgan fingerprint density at radius 2 is 2.00 bits per heavy atom. The maximum absolute atomic E-state index is 12.2. The first-order valence-electron chi connectivity index (χ1n) is 8.19. The number of para-hydroxylation sites is 1. The van der Waals surface area contributed by atoms with E-state index < -0.39 is 0 Å². The number of urea groups is 1. The second-order valence-corrected chi connectivity index (χ2v) is 6.04. The van der Waals surface area contributed by atoms with E-state index in [-0.39, 0.29) is 18.9 Å². The van der Waals surface area contributed by atoms with Gasteiger partial charge in [-0.2, -0.15) is 0 Å². The van der Waals surface area contributed by atoms with Crippen LogP contribution in [0.3, 0.4) is 0 Å². The molecular formula is C19H19N3O3. The number of carbonyl (C=O) groups excluding carboxylic acids is 1. The summed E-state index contributed by atoms with van der Waals surface area (Å²) in [6.45, 7) is 2.61. The van der Waals surface area contributed by atoms with Crippen molar-refractivity contribution in [2.45, 2.75) is 19.5 Å². The SMILES string of the molecule is CC(NC(=O)NCc1cc2ccccc2[nH]1)c1ccc2c(c1)OCO2. The molecule has 3 N–H and O–H groups in total. The van der Waals surface area contributed by atoms with Crippen molar-refractivity contribution in [3.63, 3.8) is 0 Å². The van der Waals surface area contributed by atoms with Crippen LogP contribution in [0.1, 0.15) is 24.2 Å². The smallest absolute Gasteiger partial charge is 0.315 e. The molecule has 1 atom stereocenters. The molecule has 2 heterocycles. The maximum Gasteiger partial charge on any atom is 0.315 e. The lowest BCUT2D eigenvalue weighted by atomic mass is 10.1. The van der Waals surface area contributed by atoms with Crippen molar-refractivity contribution < 1.29 is 14.3 Å². The highest BCUT2D eigenvalue weighted by molar-refractivity contribution is 5.80. The van der Waals surface area contributed by atoms with E-state index in [2.05, 4.69) is 15.6 Å². The van der Waals surface area contributed by atoms with Crippen LogP contribution in [-0.4, -0.2) is 17.8 Å². The normalized spacial score (nSPS) is 13.6. The minimum Gasteiger partial charge on any atom is -0.454 e. The number of benzene rings is 2. The molecule has 25 heavy (non-hydrogen) atoms. The number of aromatic nitrogens is 1. The van der Waals surface area contributed by atoms with Gasteiger partial charge >= 0.3 is 6.03 Å². The molecule has 3 aromatic rings. The number of aromatic amines is 1. The molecule has 0 saturated carbocycles. The molecule has 0 fully saturated rings. The van der Waals surface area contributed by atoms with Gasteiger partial charge in [0, 0.05) is 11.2 Å². The predicted octanol–water partition coefficient (Wildman–Crippen LogP) is 3.46. The average molecular weight is 337 g/mol. The van der Waals surface area contributed by atoms with Gasteiger partial charge in [0.1, 0.15) is 0 Å². The number of ether oxygens (including phenoxy) is 2. The van der Waals surface area contributed by atoms with Crippen molar-refractivity contribution in [1.29, 1.82) is 0 Å². The fourth-order valence-corrected chi connectivity index (χ4v) is 2.92. The predicted molar refractivity (Wildman–Crippen MR) is 94.7 cm³/mol. The van der Waals surface area contributed by atoms with Gasteiger partial charge in [-0.3, -0.25) is 0 Å². The second-order valence-electron chi connectivity index (χ2n) is 6.04. The number of nitrogens with one attached hydrogen (secondary N) is 3. The Labute approximate surface area is 145 Å². The van der Waals surface area contributed by atoms with E-state index in [0.29, 0.717) is 12.3 Å². The molecule has 1 aliphatic heterocycles. The van der Waals surface area contributed by atoms with Gasteiger partial charge in [-0.05, 0) is 42.1 Å². The number of hydrogen-bond donors (Lipinski definition) is 3. The first-order valence-corrected chi connectivity index (χ1v) is 8.19. The highest BCUT2D eigenvalue weighted by Crippen LogP contribution is 2.34. The van der Waals surface area contributed by atoms with Crippen LogP contribution in [0.2, 0.25) is 0 Å².